The first-order valence-electron chi connectivity index (χ1n) is 7.68. The Hall–Kier alpha value is -0.930. The molecule has 118 valence electrons. The van der Waals surface area contributed by atoms with E-state index in [2.05, 4.69) is 18.7 Å². The topological polar surface area (TPSA) is 21.7 Å². The third-order valence-electron chi connectivity index (χ3n) is 4.52. The number of likely N-dealkylation sites (tertiary alicyclic amines) is 1. The highest BCUT2D eigenvalue weighted by atomic mass is 35.5. The Bertz CT molecular complexity index is 456. The first-order chi connectivity index (χ1) is 10.1. The van der Waals surface area contributed by atoms with Crippen molar-refractivity contribution in [3.8, 4) is 11.5 Å². The summed E-state index contributed by atoms with van der Waals surface area (Å²) in [7, 11) is 3.30. The standard InChI is InChI=1S/C17H26ClNO2/c1-12-6-5-7-13(2)19(12)11-15(18)14-8-9-16(20-3)17(10-14)21-4/h8-10,12-13,15H,5-7,11H2,1-4H3. The molecule has 0 spiro atoms. The van der Waals surface area contributed by atoms with Crippen molar-refractivity contribution in [1.29, 1.82) is 0 Å². The molecule has 0 amide bonds. The quantitative estimate of drug-likeness (QED) is 0.759. The highest BCUT2D eigenvalue weighted by Crippen LogP contribution is 2.34. The summed E-state index contributed by atoms with van der Waals surface area (Å²) in [4.78, 5) is 2.53. The average Bonchev–Trinajstić information content (AvgIpc) is 2.50. The molecule has 1 heterocycles. The summed E-state index contributed by atoms with van der Waals surface area (Å²) in [5.74, 6) is 1.48. The van der Waals surface area contributed by atoms with Gasteiger partial charge in [0, 0.05) is 18.6 Å². The largest absolute Gasteiger partial charge is 0.493 e. The molecular weight excluding hydrogens is 286 g/mol. The molecule has 1 aromatic rings. The zero-order valence-corrected chi connectivity index (χ0v) is 14.2. The smallest absolute Gasteiger partial charge is 0.161 e. The average molecular weight is 312 g/mol. The van der Waals surface area contributed by atoms with E-state index in [1.165, 1.54) is 19.3 Å². The zero-order chi connectivity index (χ0) is 15.4. The van der Waals surface area contributed by atoms with Crippen LogP contribution in [-0.4, -0.2) is 37.7 Å². The fourth-order valence-corrected chi connectivity index (χ4v) is 3.47. The number of hydrogen-bond acceptors (Lipinski definition) is 3. The van der Waals surface area contributed by atoms with Gasteiger partial charge < -0.3 is 9.47 Å². The van der Waals surface area contributed by atoms with E-state index in [-0.39, 0.29) is 5.38 Å². The summed E-state index contributed by atoms with van der Waals surface area (Å²) in [6.07, 6.45) is 3.85. The molecule has 0 radical (unpaired) electrons. The Labute approximate surface area is 133 Å². The molecule has 0 aromatic heterocycles. The molecule has 0 bridgehead atoms. The maximum absolute atomic E-state index is 6.66. The Kier molecular flexibility index (Phi) is 5.77. The maximum atomic E-state index is 6.66. The molecule has 21 heavy (non-hydrogen) atoms. The van der Waals surface area contributed by atoms with Crippen LogP contribution in [-0.2, 0) is 0 Å². The van der Waals surface area contributed by atoms with Crippen molar-refractivity contribution in [2.75, 3.05) is 20.8 Å². The summed E-state index contributed by atoms with van der Waals surface area (Å²) in [6, 6.07) is 7.14. The normalized spacial score (nSPS) is 24.6. The van der Waals surface area contributed by atoms with Crippen molar-refractivity contribution in [1.82, 2.24) is 4.90 Å². The van der Waals surface area contributed by atoms with E-state index >= 15 is 0 Å². The predicted octanol–water partition coefficient (Wildman–Crippen LogP) is 4.25. The van der Waals surface area contributed by atoms with Gasteiger partial charge in [-0.25, -0.2) is 0 Å². The number of halogens is 1. The van der Waals surface area contributed by atoms with Crippen molar-refractivity contribution in [2.45, 2.75) is 50.6 Å². The van der Waals surface area contributed by atoms with Crippen LogP contribution in [0, 0.1) is 0 Å². The van der Waals surface area contributed by atoms with Gasteiger partial charge in [0.25, 0.3) is 0 Å². The molecule has 1 aliphatic rings. The summed E-state index contributed by atoms with van der Waals surface area (Å²) in [6.45, 7) is 5.47. The second-order valence-corrected chi connectivity index (χ2v) is 6.43. The van der Waals surface area contributed by atoms with Gasteiger partial charge in [0.2, 0.25) is 0 Å². The molecule has 1 fully saturated rings. The minimum atomic E-state index is -0.0344. The number of hydrogen-bond donors (Lipinski definition) is 0. The van der Waals surface area contributed by atoms with Gasteiger partial charge in [-0.1, -0.05) is 12.5 Å². The summed E-state index contributed by atoms with van der Waals surface area (Å²) in [5, 5.41) is -0.0344. The number of piperidine rings is 1. The fraction of sp³-hybridized carbons (Fsp3) is 0.647. The van der Waals surface area contributed by atoms with Crippen LogP contribution >= 0.6 is 11.6 Å². The van der Waals surface area contributed by atoms with E-state index < -0.39 is 0 Å². The molecule has 1 saturated heterocycles. The minimum Gasteiger partial charge on any atom is -0.493 e. The molecular formula is C17H26ClNO2. The Morgan fingerprint density at radius 3 is 2.33 bits per heavy atom. The number of alkyl halides is 1. The van der Waals surface area contributed by atoms with Crippen molar-refractivity contribution in [2.24, 2.45) is 0 Å². The lowest BCUT2D eigenvalue weighted by Crippen LogP contribution is -2.45. The number of ether oxygens (including phenoxy) is 2. The molecule has 3 nitrogen and oxygen atoms in total. The van der Waals surface area contributed by atoms with Gasteiger partial charge in [0.1, 0.15) is 0 Å². The molecule has 0 saturated carbocycles. The lowest BCUT2D eigenvalue weighted by molar-refractivity contribution is 0.103. The Morgan fingerprint density at radius 2 is 1.76 bits per heavy atom. The lowest BCUT2D eigenvalue weighted by atomic mass is 9.96. The second-order valence-electron chi connectivity index (χ2n) is 5.91. The molecule has 3 atom stereocenters. The van der Waals surface area contributed by atoms with Gasteiger partial charge in [0.15, 0.2) is 11.5 Å². The van der Waals surface area contributed by atoms with E-state index in [4.69, 9.17) is 21.1 Å². The highest BCUT2D eigenvalue weighted by Gasteiger charge is 2.27. The van der Waals surface area contributed by atoms with Gasteiger partial charge in [-0.3, -0.25) is 4.90 Å². The first kappa shape index (κ1) is 16.4. The second kappa shape index (κ2) is 7.37. The molecule has 1 aromatic carbocycles. The number of nitrogens with zero attached hydrogens (tertiary/aromatic N) is 1. The molecule has 3 unspecified atom stereocenters. The Morgan fingerprint density at radius 1 is 1.14 bits per heavy atom. The van der Waals surface area contributed by atoms with Crippen LogP contribution in [0.5, 0.6) is 11.5 Å². The van der Waals surface area contributed by atoms with Crippen LogP contribution in [0.2, 0.25) is 0 Å². The van der Waals surface area contributed by atoms with E-state index in [0.717, 1.165) is 23.6 Å². The van der Waals surface area contributed by atoms with Crippen LogP contribution in [0.25, 0.3) is 0 Å². The van der Waals surface area contributed by atoms with E-state index in [1.54, 1.807) is 14.2 Å². The summed E-state index contributed by atoms with van der Waals surface area (Å²) >= 11 is 6.66. The molecule has 0 N–H and O–H groups in total. The van der Waals surface area contributed by atoms with E-state index in [9.17, 15) is 0 Å². The summed E-state index contributed by atoms with van der Waals surface area (Å²) < 4.78 is 10.6. The minimum absolute atomic E-state index is 0.0344. The number of methoxy groups -OCH3 is 2. The third-order valence-corrected chi connectivity index (χ3v) is 4.91. The zero-order valence-electron chi connectivity index (χ0n) is 13.4. The number of benzene rings is 1. The van der Waals surface area contributed by atoms with Gasteiger partial charge >= 0.3 is 0 Å². The van der Waals surface area contributed by atoms with E-state index in [0.29, 0.717) is 12.1 Å². The van der Waals surface area contributed by atoms with Crippen LogP contribution in [0.1, 0.15) is 44.1 Å². The van der Waals surface area contributed by atoms with Crippen LogP contribution in [0.15, 0.2) is 18.2 Å². The molecule has 2 rings (SSSR count). The third kappa shape index (κ3) is 3.83. The van der Waals surface area contributed by atoms with Crippen LogP contribution < -0.4 is 9.47 Å². The first-order valence-corrected chi connectivity index (χ1v) is 8.12. The van der Waals surface area contributed by atoms with Gasteiger partial charge in [-0.2, -0.15) is 0 Å². The molecule has 0 aliphatic carbocycles. The van der Waals surface area contributed by atoms with Crippen LogP contribution in [0.4, 0.5) is 0 Å². The lowest BCUT2D eigenvalue weighted by Gasteiger charge is -2.40. The highest BCUT2D eigenvalue weighted by molar-refractivity contribution is 6.21. The van der Waals surface area contributed by atoms with Gasteiger partial charge in [-0.15, -0.1) is 11.6 Å². The Balaban J connectivity index is 2.10. The van der Waals surface area contributed by atoms with E-state index in [1.807, 2.05) is 18.2 Å². The van der Waals surface area contributed by atoms with Gasteiger partial charge in [-0.05, 0) is 44.4 Å². The SMILES string of the molecule is COc1ccc(C(Cl)CN2C(C)CCCC2C)cc1OC. The predicted molar refractivity (Wildman–Crippen MR) is 87.6 cm³/mol. The molecule has 1 aliphatic heterocycles. The van der Waals surface area contributed by atoms with Crippen molar-refractivity contribution in [3.05, 3.63) is 23.8 Å². The maximum Gasteiger partial charge on any atom is 0.161 e. The number of rotatable bonds is 5. The van der Waals surface area contributed by atoms with Crippen molar-refractivity contribution >= 4 is 11.6 Å². The summed E-state index contributed by atoms with van der Waals surface area (Å²) in [5.41, 5.74) is 1.08. The fourth-order valence-electron chi connectivity index (χ4n) is 3.17. The monoisotopic (exact) mass is 311 g/mol. The van der Waals surface area contributed by atoms with Crippen LogP contribution in [0.3, 0.4) is 0 Å². The van der Waals surface area contributed by atoms with Crippen molar-refractivity contribution < 1.29 is 9.47 Å². The van der Waals surface area contributed by atoms with Crippen molar-refractivity contribution in [3.63, 3.8) is 0 Å². The molecule has 4 heteroatoms. The van der Waals surface area contributed by atoms with Gasteiger partial charge in [0.05, 0.1) is 19.6 Å².